The fourth-order valence-electron chi connectivity index (χ4n) is 9.85. The number of Topliss-reactive ketones (excluding diaryl/α,β-unsaturated/α-hetero) is 3. The monoisotopic (exact) mass is 1350 g/mol. The van der Waals surface area contributed by atoms with Crippen LogP contribution in [0, 0.1) is 29.6 Å². The summed E-state index contributed by atoms with van der Waals surface area (Å²) in [5, 5.41) is 27.1. The molecule has 3 saturated heterocycles. The summed E-state index contributed by atoms with van der Waals surface area (Å²) >= 11 is 0. The van der Waals surface area contributed by atoms with Gasteiger partial charge in [-0.1, -0.05) is 133 Å². The summed E-state index contributed by atoms with van der Waals surface area (Å²) in [7, 11) is 0. The van der Waals surface area contributed by atoms with Gasteiger partial charge in [-0.25, -0.2) is 9.59 Å². The molecule has 0 saturated carbocycles. The molecule has 3 fully saturated rings. The summed E-state index contributed by atoms with van der Waals surface area (Å²) in [4.78, 5) is 103. The molecule has 9 N–H and O–H groups in total. The summed E-state index contributed by atoms with van der Waals surface area (Å²) in [6, 6.07) is 26.1. The number of aliphatic carboxylic acids is 2. The minimum Gasteiger partial charge on any atom is -0.480 e. The topological polar surface area (TPSA) is 308 Å². The first-order valence-corrected chi connectivity index (χ1v) is 29.6. The second-order valence-corrected chi connectivity index (χ2v) is 23.6. The van der Waals surface area contributed by atoms with Gasteiger partial charge in [0.15, 0.2) is 5.78 Å². The third kappa shape index (κ3) is 31.9. The molecule has 3 amide bonds. The molecule has 22 heteroatoms. The number of amides is 3. The molecule has 0 aliphatic carbocycles. The summed E-state index contributed by atoms with van der Waals surface area (Å²) in [6.07, 6.45) is 4.29. The number of nitrogens with one attached hydrogen (secondary N) is 3. The molecule has 86 heavy (non-hydrogen) atoms. The molecule has 3 aromatic rings. The van der Waals surface area contributed by atoms with E-state index in [-0.39, 0.29) is 137 Å². The van der Waals surface area contributed by atoms with Crippen LogP contribution in [0.4, 0.5) is 0 Å². The molecule has 472 valence electrons. The maximum atomic E-state index is 12.9. The molecular weight excluding hydrogens is 1250 g/mol. The summed E-state index contributed by atoms with van der Waals surface area (Å²) in [5.41, 5.74) is 8.44. The van der Waals surface area contributed by atoms with E-state index in [0.717, 1.165) is 16.7 Å². The molecule has 3 aromatic carbocycles. The number of carbonyl (C=O) groups is 8. The number of rotatable bonds is 32. The largest absolute Gasteiger partial charge is 0.480 e. The Labute approximate surface area is 559 Å². The Kier molecular flexibility index (Phi) is 39.8. The SMILES string of the molecule is CC(C)C[C@H](NC(=O)[C@@H](N)Cc1ccccc1)C(=O)[C@@]1(C)CO1.CC(C)C[C@H](NC(=O)[C@H](CCc1ccccc1)CC(=O)CN1CCOCC1)C(=O)O.CC(C)C[C@H](NC(=O)[C@H](CCc1ccccc1)CC(=O)CN1CCOCC1)C(=O)O.O.[Y].[Y]. The zero-order valence-electron chi connectivity index (χ0n) is 51.7. The average molecular weight is 1350 g/mol. The number of benzene rings is 3. The smallest absolute Gasteiger partial charge is 0.326 e. The molecule has 0 bridgehead atoms. The van der Waals surface area contributed by atoms with E-state index in [1.165, 1.54) is 0 Å². The van der Waals surface area contributed by atoms with Crippen molar-refractivity contribution in [1.82, 2.24) is 25.8 Å². The van der Waals surface area contributed by atoms with E-state index < -0.39 is 53.5 Å². The second-order valence-electron chi connectivity index (χ2n) is 23.6. The summed E-state index contributed by atoms with van der Waals surface area (Å²) in [6.45, 7) is 19.8. The van der Waals surface area contributed by atoms with Crippen molar-refractivity contribution in [2.75, 3.05) is 72.3 Å². The van der Waals surface area contributed by atoms with E-state index in [1.807, 2.05) is 142 Å². The normalized spacial score (nSPS) is 17.7. The molecule has 3 heterocycles. The van der Waals surface area contributed by atoms with Crippen molar-refractivity contribution < 1.29 is 134 Å². The first kappa shape index (κ1) is 80.0. The van der Waals surface area contributed by atoms with Crippen molar-refractivity contribution >= 4 is 47.0 Å². The van der Waals surface area contributed by atoms with Gasteiger partial charge in [0.2, 0.25) is 17.7 Å². The van der Waals surface area contributed by atoms with Gasteiger partial charge in [0.1, 0.15) is 29.3 Å². The van der Waals surface area contributed by atoms with Gasteiger partial charge in [-0.15, -0.1) is 0 Å². The van der Waals surface area contributed by atoms with Gasteiger partial charge < -0.3 is 51.6 Å². The fraction of sp³-hybridized carbons (Fsp3) is 0.594. The van der Waals surface area contributed by atoms with Crippen LogP contribution >= 0.6 is 0 Å². The number of ether oxygens (including phenoxy) is 3. The second kappa shape index (κ2) is 42.8. The number of carboxylic acid groups (broad SMARTS) is 2. The van der Waals surface area contributed by atoms with Crippen LogP contribution < -0.4 is 21.7 Å². The van der Waals surface area contributed by atoms with Gasteiger partial charge in [0.05, 0.1) is 58.2 Å². The van der Waals surface area contributed by atoms with Crippen molar-refractivity contribution in [3.05, 3.63) is 108 Å². The quantitative estimate of drug-likeness (QED) is 0.0453. The van der Waals surface area contributed by atoms with E-state index >= 15 is 0 Å². The maximum Gasteiger partial charge on any atom is 0.326 e. The predicted octanol–water partition coefficient (Wildman–Crippen LogP) is 4.90. The molecule has 3 aliphatic heterocycles. The molecule has 6 rings (SSSR count). The maximum absolute atomic E-state index is 12.9. The number of nitrogens with two attached hydrogens (primary N) is 1. The van der Waals surface area contributed by atoms with Crippen molar-refractivity contribution in [2.24, 2.45) is 35.3 Å². The van der Waals surface area contributed by atoms with E-state index in [1.54, 1.807) is 6.92 Å². The van der Waals surface area contributed by atoms with Crippen molar-refractivity contribution in [3.8, 4) is 0 Å². The number of nitrogens with zero attached hydrogens (tertiary/aromatic N) is 2. The van der Waals surface area contributed by atoms with Gasteiger partial charge in [0.25, 0.3) is 0 Å². The van der Waals surface area contributed by atoms with Crippen LogP contribution in [0.1, 0.15) is 110 Å². The molecule has 2 radical (unpaired) electrons. The van der Waals surface area contributed by atoms with Gasteiger partial charge in [0, 0.05) is 116 Å². The molecule has 0 unspecified atom stereocenters. The van der Waals surface area contributed by atoms with Crippen LogP contribution in [0.2, 0.25) is 0 Å². The number of morpholine rings is 2. The van der Waals surface area contributed by atoms with Crippen LogP contribution in [-0.4, -0.2) is 175 Å². The van der Waals surface area contributed by atoms with Crippen LogP contribution in [0.15, 0.2) is 91.0 Å². The Morgan fingerprint density at radius 3 is 1.19 bits per heavy atom. The van der Waals surface area contributed by atoms with Crippen LogP contribution in [0.5, 0.6) is 0 Å². The van der Waals surface area contributed by atoms with E-state index in [0.29, 0.717) is 124 Å². The molecular formula is C64H96N6O14Y2. The standard InChI is InChI=1S/2C23H34N2O5.C18H26N2O3.H2O.2Y/c2*1-17(2)14-21(23(28)29)24-22(27)19(9-8-18-6-4-3-5-7-18)15-20(26)16-25-10-12-30-13-11-25;1-12(2)9-15(16(21)18(3)11-23-18)20-17(22)14(19)10-13-7-5-4-6-8-13;;;/h2*3-7,17,19,21H,8-16H2,1-2H3,(H,24,27)(H,28,29);4-8,12,14-15H,9-11,19H2,1-3H3,(H,20,22);1H2;;/t2*19-,21+;14-,15-,18+;;;/m110.../s1. The number of carboxylic acids is 2. The van der Waals surface area contributed by atoms with Crippen molar-refractivity contribution in [3.63, 3.8) is 0 Å². The Balaban J connectivity index is 0.000000640. The minimum absolute atomic E-state index is 0. The van der Waals surface area contributed by atoms with E-state index in [4.69, 9.17) is 19.9 Å². The number of aryl methyl sites for hydroxylation is 2. The fourth-order valence-corrected chi connectivity index (χ4v) is 9.85. The van der Waals surface area contributed by atoms with Gasteiger partial charge in [-0.3, -0.25) is 38.6 Å². The first-order chi connectivity index (χ1) is 39.5. The van der Waals surface area contributed by atoms with Crippen molar-refractivity contribution in [2.45, 2.75) is 142 Å². The van der Waals surface area contributed by atoms with Gasteiger partial charge in [-0.2, -0.15) is 0 Å². The molecule has 0 aromatic heterocycles. The molecule has 0 spiro atoms. The Hall–Kier alpha value is -4.05. The Bertz CT molecular complexity index is 2360. The molecule has 20 nitrogen and oxygen atoms in total. The molecule has 3 aliphatic rings. The number of hydrogen-bond acceptors (Lipinski definition) is 14. The third-order valence-electron chi connectivity index (χ3n) is 14.7. The van der Waals surface area contributed by atoms with Crippen LogP contribution in [-0.2, 0) is 137 Å². The number of ketones is 3. The minimum atomic E-state index is -1.04. The van der Waals surface area contributed by atoms with Gasteiger partial charge >= 0.3 is 11.9 Å². The van der Waals surface area contributed by atoms with Crippen LogP contribution in [0.25, 0.3) is 0 Å². The average Bonchev–Trinajstić information content (AvgIpc) is 2.00. The zero-order valence-corrected chi connectivity index (χ0v) is 57.4. The third-order valence-corrected chi connectivity index (χ3v) is 14.7. The van der Waals surface area contributed by atoms with E-state index in [2.05, 4.69) is 16.0 Å². The first-order valence-electron chi connectivity index (χ1n) is 29.6. The predicted molar refractivity (Wildman–Crippen MR) is 321 cm³/mol. The Morgan fingerprint density at radius 1 is 0.535 bits per heavy atom. The Morgan fingerprint density at radius 2 is 0.860 bits per heavy atom. The molecule has 7 atom stereocenters. The zero-order chi connectivity index (χ0) is 60.9. The number of hydrogen-bond donors (Lipinski definition) is 6. The number of epoxide rings is 1. The van der Waals surface area contributed by atoms with Gasteiger partial charge in [-0.05, 0) is 92.7 Å². The van der Waals surface area contributed by atoms with Crippen LogP contribution in [0.3, 0.4) is 0 Å². The number of carbonyl (C=O) groups excluding carboxylic acids is 6. The van der Waals surface area contributed by atoms with E-state index in [9.17, 15) is 48.6 Å². The van der Waals surface area contributed by atoms with Crippen molar-refractivity contribution in [1.29, 1.82) is 0 Å². The summed E-state index contributed by atoms with van der Waals surface area (Å²) in [5.74, 6) is -3.68. The summed E-state index contributed by atoms with van der Waals surface area (Å²) < 4.78 is 15.9.